The molecule has 20 heavy (non-hydrogen) atoms. The first-order chi connectivity index (χ1) is 9.47. The van der Waals surface area contributed by atoms with Crippen molar-refractivity contribution in [2.45, 2.75) is 20.5 Å². The third-order valence-corrected chi connectivity index (χ3v) is 3.16. The molecule has 0 aliphatic rings. The fourth-order valence-electron chi connectivity index (χ4n) is 1.84. The van der Waals surface area contributed by atoms with E-state index < -0.39 is 5.91 Å². The van der Waals surface area contributed by atoms with Crippen molar-refractivity contribution in [1.29, 1.82) is 0 Å². The number of rotatable bonds is 4. The predicted molar refractivity (Wildman–Crippen MR) is 75.2 cm³/mol. The summed E-state index contributed by atoms with van der Waals surface area (Å²) in [5.74, 6) is -0.268. The van der Waals surface area contributed by atoms with Crippen molar-refractivity contribution in [3.63, 3.8) is 0 Å². The van der Waals surface area contributed by atoms with Gasteiger partial charge in [0.05, 0.1) is 0 Å². The summed E-state index contributed by atoms with van der Waals surface area (Å²) in [7, 11) is 0. The summed E-state index contributed by atoms with van der Waals surface area (Å²) >= 11 is 0. The number of nitrogens with two attached hydrogens (primary N) is 1. The van der Waals surface area contributed by atoms with E-state index in [1.165, 1.54) is 6.07 Å². The molecule has 0 spiro atoms. The molecule has 0 fully saturated rings. The lowest BCUT2D eigenvalue weighted by Gasteiger charge is -2.10. The van der Waals surface area contributed by atoms with Crippen LogP contribution in [0.4, 0.5) is 4.39 Å². The quantitative estimate of drug-likeness (QED) is 0.930. The van der Waals surface area contributed by atoms with Crippen LogP contribution in [0.1, 0.15) is 27.0 Å². The summed E-state index contributed by atoms with van der Waals surface area (Å²) in [5, 5.41) is 0. The molecular formula is C16H16FNO2. The van der Waals surface area contributed by atoms with E-state index in [2.05, 4.69) is 0 Å². The third kappa shape index (κ3) is 3.15. The zero-order valence-corrected chi connectivity index (χ0v) is 11.4. The molecule has 2 rings (SSSR count). The molecular weight excluding hydrogens is 257 g/mol. The van der Waals surface area contributed by atoms with E-state index in [0.29, 0.717) is 23.5 Å². The molecule has 0 bridgehead atoms. The van der Waals surface area contributed by atoms with Gasteiger partial charge in [-0.05, 0) is 48.7 Å². The average Bonchev–Trinajstić information content (AvgIpc) is 2.41. The van der Waals surface area contributed by atoms with Crippen LogP contribution in [0.5, 0.6) is 5.75 Å². The second-order valence-corrected chi connectivity index (χ2v) is 4.71. The molecule has 2 aromatic rings. The fourth-order valence-corrected chi connectivity index (χ4v) is 1.84. The van der Waals surface area contributed by atoms with Gasteiger partial charge in [-0.25, -0.2) is 4.39 Å². The highest BCUT2D eigenvalue weighted by Crippen LogP contribution is 2.18. The first-order valence-electron chi connectivity index (χ1n) is 6.25. The van der Waals surface area contributed by atoms with Crippen molar-refractivity contribution in [1.82, 2.24) is 0 Å². The molecule has 0 heterocycles. The van der Waals surface area contributed by atoms with E-state index in [0.717, 1.165) is 11.1 Å². The van der Waals surface area contributed by atoms with E-state index in [9.17, 15) is 9.18 Å². The van der Waals surface area contributed by atoms with Crippen LogP contribution in [-0.4, -0.2) is 5.91 Å². The molecule has 0 aliphatic heterocycles. The average molecular weight is 273 g/mol. The minimum atomic E-state index is -0.457. The predicted octanol–water partition coefficient (Wildman–Crippen LogP) is 3.12. The van der Waals surface area contributed by atoms with Crippen molar-refractivity contribution in [2.24, 2.45) is 5.73 Å². The number of hydrogen-bond acceptors (Lipinski definition) is 2. The van der Waals surface area contributed by atoms with Crippen molar-refractivity contribution in [2.75, 3.05) is 0 Å². The number of aryl methyl sites for hydroxylation is 2. The maximum absolute atomic E-state index is 13.4. The Bertz CT molecular complexity index is 653. The number of amides is 1. The van der Waals surface area contributed by atoms with Gasteiger partial charge in [0.15, 0.2) is 0 Å². The Hall–Kier alpha value is -2.36. The Morgan fingerprint density at radius 3 is 2.50 bits per heavy atom. The molecule has 4 heteroatoms. The summed E-state index contributed by atoms with van der Waals surface area (Å²) < 4.78 is 18.9. The van der Waals surface area contributed by atoms with Crippen molar-refractivity contribution < 1.29 is 13.9 Å². The van der Waals surface area contributed by atoms with Crippen molar-refractivity contribution >= 4 is 5.91 Å². The zero-order valence-electron chi connectivity index (χ0n) is 11.4. The normalized spacial score (nSPS) is 10.3. The minimum absolute atomic E-state index is 0.289. The van der Waals surface area contributed by atoms with Crippen LogP contribution in [0, 0.1) is 19.7 Å². The lowest BCUT2D eigenvalue weighted by molar-refractivity contribution is 0.1000. The standard InChI is InChI=1S/C16H16FNO2/c1-10-3-6-14(8-15(10)17)20-9-13-5-4-12(16(18)19)7-11(13)2/h3-8H,9H2,1-2H3,(H2,18,19). The molecule has 0 atom stereocenters. The summed E-state index contributed by atoms with van der Waals surface area (Å²) in [6, 6.07) is 9.93. The van der Waals surface area contributed by atoms with E-state index in [4.69, 9.17) is 10.5 Å². The number of carbonyl (C=O) groups is 1. The highest BCUT2D eigenvalue weighted by molar-refractivity contribution is 5.93. The van der Waals surface area contributed by atoms with Crippen LogP contribution < -0.4 is 10.5 Å². The molecule has 0 aromatic heterocycles. The first kappa shape index (κ1) is 14.1. The Kier molecular flexibility index (Phi) is 4.03. The van der Waals surface area contributed by atoms with Gasteiger partial charge in [-0.1, -0.05) is 12.1 Å². The van der Waals surface area contributed by atoms with Crippen LogP contribution in [-0.2, 0) is 6.61 Å². The van der Waals surface area contributed by atoms with Crippen LogP contribution in [0.3, 0.4) is 0 Å². The van der Waals surface area contributed by atoms with Gasteiger partial charge in [-0.3, -0.25) is 4.79 Å². The Morgan fingerprint density at radius 1 is 1.15 bits per heavy atom. The number of hydrogen-bond donors (Lipinski definition) is 1. The summed E-state index contributed by atoms with van der Waals surface area (Å²) in [4.78, 5) is 11.1. The van der Waals surface area contributed by atoms with Gasteiger partial charge in [0.1, 0.15) is 18.2 Å². The van der Waals surface area contributed by atoms with Crippen LogP contribution in [0.25, 0.3) is 0 Å². The summed E-state index contributed by atoms with van der Waals surface area (Å²) in [6.45, 7) is 3.89. The van der Waals surface area contributed by atoms with Crippen LogP contribution in [0.15, 0.2) is 36.4 Å². The minimum Gasteiger partial charge on any atom is -0.489 e. The smallest absolute Gasteiger partial charge is 0.248 e. The second-order valence-electron chi connectivity index (χ2n) is 4.71. The van der Waals surface area contributed by atoms with Crippen molar-refractivity contribution in [3.8, 4) is 5.75 Å². The Balaban J connectivity index is 2.10. The zero-order chi connectivity index (χ0) is 14.7. The molecule has 1 amide bonds. The Morgan fingerprint density at radius 2 is 1.90 bits per heavy atom. The molecule has 0 saturated heterocycles. The SMILES string of the molecule is Cc1ccc(OCc2ccc(C(N)=O)cc2C)cc1F. The second kappa shape index (κ2) is 5.74. The number of primary amides is 1. The molecule has 2 N–H and O–H groups in total. The van der Waals surface area contributed by atoms with Gasteiger partial charge in [-0.2, -0.15) is 0 Å². The molecule has 2 aromatic carbocycles. The van der Waals surface area contributed by atoms with Crippen LogP contribution >= 0.6 is 0 Å². The monoisotopic (exact) mass is 273 g/mol. The summed E-state index contributed by atoms with van der Waals surface area (Å²) in [6.07, 6.45) is 0. The number of benzene rings is 2. The highest BCUT2D eigenvalue weighted by atomic mass is 19.1. The molecule has 104 valence electrons. The third-order valence-electron chi connectivity index (χ3n) is 3.16. The van der Waals surface area contributed by atoms with E-state index in [1.807, 2.05) is 6.92 Å². The van der Waals surface area contributed by atoms with E-state index in [1.54, 1.807) is 37.3 Å². The van der Waals surface area contributed by atoms with Crippen LogP contribution in [0.2, 0.25) is 0 Å². The van der Waals surface area contributed by atoms with Gasteiger partial charge in [0.25, 0.3) is 0 Å². The lowest BCUT2D eigenvalue weighted by atomic mass is 10.1. The molecule has 0 radical (unpaired) electrons. The summed E-state index contributed by atoms with van der Waals surface area (Å²) in [5.41, 5.74) is 8.10. The number of halogens is 1. The van der Waals surface area contributed by atoms with Gasteiger partial charge in [0.2, 0.25) is 5.91 Å². The number of carbonyl (C=O) groups excluding carboxylic acids is 1. The molecule has 0 aliphatic carbocycles. The molecule has 0 saturated carbocycles. The van der Waals surface area contributed by atoms with Gasteiger partial charge in [0, 0.05) is 11.6 Å². The molecule has 3 nitrogen and oxygen atoms in total. The number of ether oxygens (including phenoxy) is 1. The first-order valence-corrected chi connectivity index (χ1v) is 6.25. The van der Waals surface area contributed by atoms with Gasteiger partial charge < -0.3 is 10.5 Å². The Labute approximate surface area is 117 Å². The lowest BCUT2D eigenvalue weighted by Crippen LogP contribution is -2.11. The molecule has 0 unspecified atom stereocenters. The highest BCUT2D eigenvalue weighted by Gasteiger charge is 2.06. The van der Waals surface area contributed by atoms with Crippen molar-refractivity contribution in [3.05, 3.63) is 64.5 Å². The largest absolute Gasteiger partial charge is 0.489 e. The fraction of sp³-hybridized carbons (Fsp3) is 0.188. The van der Waals surface area contributed by atoms with Gasteiger partial charge in [-0.15, -0.1) is 0 Å². The van der Waals surface area contributed by atoms with E-state index in [-0.39, 0.29) is 5.82 Å². The maximum atomic E-state index is 13.4. The maximum Gasteiger partial charge on any atom is 0.248 e. The van der Waals surface area contributed by atoms with Gasteiger partial charge >= 0.3 is 0 Å². The van der Waals surface area contributed by atoms with E-state index >= 15 is 0 Å². The topological polar surface area (TPSA) is 52.3 Å².